The Morgan fingerprint density at radius 1 is 0.544 bits per heavy atom. The summed E-state index contributed by atoms with van der Waals surface area (Å²) < 4.78 is 9.32. The van der Waals surface area contributed by atoms with Crippen LogP contribution in [0.5, 0.6) is 11.5 Å². The molecule has 9 aromatic rings. The molecule has 2 aromatic heterocycles. The lowest BCUT2D eigenvalue weighted by Gasteiger charge is -2.46. The van der Waals surface area contributed by atoms with Gasteiger partial charge < -0.3 is 19.5 Å². The Kier molecular flexibility index (Phi) is 8.70. The number of nitrogens with one attached hydrogen (secondary N) is 1. The number of anilines is 3. The van der Waals surface area contributed by atoms with Gasteiger partial charge in [-0.05, 0) is 120 Å². The molecule has 68 heavy (non-hydrogen) atoms. The zero-order valence-electron chi connectivity index (χ0n) is 42.0. The van der Waals surface area contributed by atoms with Crippen molar-refractivity contribution in [2.45, 2.75) is 110 Å². The number of benzene rings is 7. The lowest BCUT2D eigenvalue weighted by atomic mass is 9.59. The van der Waals surface area contributed by atoms with Gasteiger partial charge in [0.1, 0.15) is 11.5 Å². The normalized spacial score (nSPS) is 15.1. The number of para-hydroxylation sites is 4. The molecule has 0 unspecified atom stereocenters. The molecule has 1 aliphatic carbocycles. The number of ether oxygens (including phenoxy) is 1. The fraction of sp³-hybridized carbons (Fsp3) is 0.306. The first-order valence-electron chi connectivity index (χ1n) is 24.5. The van der Waals surface area contributed by atoms with Gasteiger partial charge in [0.25, 0.3) is 0 Å². The molecular weight excluding hydrogens is 831 g/mol. The summed E-state index contributed by atoms with van der Waals surface area (Å²) in [6, 6.07) is 47.6. The van der Waals surface area contributed by atoms with Crippen molar-refractivity contribution in [1.29, 1.82) is 0 Å². The van der Waals surface area contributed by atoms with Crippen LogP contribution in [0.15, 0.2) is 127 Å². The smallest absolute Gasteiger partial charge is 0.213 e. The van der Waals surface area contributed by atoms with E-state index in [9.17, 15) is 0 Å². The van der Waals surface area contributed by atoms with Crippen LogP contribution in [0.3, 0.4) is 0 Å². The molecule has 6 heteroatoms. The minimum Gasteiger partial charge on any atom is -0.457 e. The second-order valence-electron chi connectivity index (χ2n) is 24.0. The van der Waals surface area contributed by atoms with E-state index in [0.29, 0.717) is 0 Å². The van der Waals surface area contributed by atoms with Crippen molar-refractivity contribution in [2.75, 3.05) is 23.5 Å². The number of imidazole rings is 1. The quantitative estimate of drug-likeness (QED) is 0.192. The zero-order chi connectivity index (χ0) is 47.6. The molecule has 0 saturated heterocycles. The van der Waals surface area contributed by atoms with Crippen LogP contribution in [0.25, 0.3) is 49.9 Å². The Bertz CT molecular complexity index is 3480. The van der Waals surface area contributed by atoms with E-state index in [4.69, 9.17) is 9.72 Å². The van der Waals surface area contributed by atoms with Crippen LogP contribution in [0.1, 0.15) is 128 Å². The van der Waals surface area contributed by atoms with E-state index >= 15 is 0 Å². The molecule has 12 rings (SSSR count). The van der Waals surface area contributed by atoms with Crippen molar-refractivity contribution in [1.82, 2.24) is 14.5 Å². The minimum absolute atomic E-state index is 0.0485. The highest BCUT2D eigenvalue weighted by Crippen LogP contribution is 2.68. The van der Waals surface area contributed by atoms with Gasteiger partial charge in [-0.1, -0.05) is 156 Å². The Morgan fingerprint density at radius 2 is 1.15 bits per heavy atom. The van der Waals surface area contributed by atoms with E-state index in [0.717, 1.165) is 51.6 Å². The molecule has 3 aliphatic rings. The highest BCUT2D eigenvalue weighted by atomic mass is 16.5. The average Bonchev–Trinajstić information content (AvgIpc) is 4.02. The molecule has 4 heterocycles. The minimum atomic E-state index is -0.615. The molecule has 7 aromatic carbocycles. The lowest BCUT2D eigenvalue weighted by molar-refractivity contribution is 0.482. The summed E-state index contributed by atoms with van der Waals surface area (Å²) in [4.78, 5) is 13.6. The van der Waals surface area contributed by atoms with Crippen LogP contribution in [-0.4, -0.2) is 28.3 Å². The van der Waals surface area contributed by atoms with E-state index in [1.54, 1.807) is 0 Å². The predicted molar refractivity (Wildman–Crippen MR) is 284 cm³/mol. The van der Waals surface area contributed by atoms with Gasteiger partial charge >= 0.3 is 0 Å². The molecule has 0 amide bonds. The van der Waals surface area contributed by atoms with Gasteiger partial charge in [-0.25, -0.2) is 4.98 Å². The van der Waals surface area contributed by atoms with Crippen LogP contribution in [-0.2, 0) is 27.1 Å². The Balaban J connectivity index is 1.13. The number of hydrogen-bond acceptors (Lipinski definition) is 4. The van der Waals surface area contributed by atoms with Crippen molar-refractivity contribution in [2.24, 2.45) is 0 Å². The maximum Gasteiger partial charge on any atom is 0.213 e. The van der Waals surface area contributed by atoms with E-state index in [-0.39, 0.29) is 21.7 Å². The molecule has 2 aliphatic heterocycles. The van der Waals surface area contributed by atoms with Gasteiger partial charge in [-0.15, -0.1) is 0 Å². The fourth-order valence-electron chi connectivity index (χ4n) is 11.9. The molecular formula is C62H63N5O. The Labute approximate surface area is 401 Å². The van der Waals surface area contributed by atoms with Gasteiger partial charge in [0, 0.05) is 30.0 Å². The van der Waals surface area contributed by atoms with E-state index < -0.39 is 5.41 Å². The average molecular weight is 894 g/mol. The highest BCUT2D eigenvalue weighted by molar-refractivity contribution is 6.09. The van der Waals surface area contributed by atoms with Gasteiger partial charge in [0.15, 0.2) is 0 Å². The SMILES string of the molecule is CN1CN2c3cc(Oc4ccc5c6ccccc6n(-c6nc7ccccc7[nH]6)c5c4)ccc3C3(c4cccc1c42)c1c(cc(C(C)(C)C)cc1C(C)(C)C)-c1cc(C(C)(C)C)cc(C(C)(C)C)c13. The van der Waals surface area contributed by atoms with Crippen LogP contribution >= 0.6 is 0 Å². The predicted octanol–water partition coefficient (Wildman–Crippen LogP) is 15.9. The summed E-state index contributed by atoms with van der Waals surface area (Å²) >= 11 is 0. The van der Waals surface area contributed by atoms with Crippen LogP contribution in [0.2, 0.25) is 0 Å². The first-order valence-corrected chi connectivity index (χ1v) is 24.5. The number of H-pyrrole nitrogens is 1. The van der Waals surface area contributed by atoms with Gasteiger partial charge in [0.05, 0.1) is 51.2 Å². The first-order chi connectivity index (χ1) is 32.1. The number of rotatable bonds is 3. The maximum atomic E-state index is 7.09. The molecule has 1 spiro atoms. The highest BCUT2D eigenvalue weighted by Gasteiger charge is 2.57. The summed E-state index contributed by atoms with van der Waals surface area (Å²) in [7, 11) is 2.24. The largest absolute Gasteiger partial charge is 0.457 e. The summed E-state index contributed by atoms with van der Waals surface area (Å²) in [5, 5.41) is 2.32. The van der Waals surface area contributed by atoms with Crippen molar-refractivity contribution >= 4 is 49.9 Å². The van der Waals surface area contributed by atoms with Crippen molar-refractivity contribution in [3.8, 4) is 28.6 Å². The van der Waals surface area contributed by atoms with E-state index in [1.165, 1.54) is 78.1 Å². The van der Waals surface area contributed by atoms with Crippen molar-refractivity contribution in [3.05, 3.63) is 172 Å². The Hall–Kier alpha value is -6.79. The molecule has 0 fully saturated rings. The molecule has 0 radical (unpaired) electrons. The van der Waals surface area contributed by atoms with E-state index in [2.05, 4.69) is 225 Å². The molecule has 1 N–H and O–H groups in total. The van der Waals surface area contributed by atoms with Gasteiger partial charge in [0.2, 0.25) is 5.95 Å². The molecule has 0 bridgehead atoms. The third kappa shape index (κ3) is 5.98. The molecule has 342 valence electrons. The molecule has 6 nitrogen and oxygen atoms in total. The number of nitrogens with zero attached hydrogens (tertiary/aromatic N) is 4. The van der Waals surface area contributed by atoms with Crippen LogP contribution < -0.4 is 14.5 Å². The van der Waals surface area contributed by atoms with Gasteiger partial charge in [-0.3, -0.25) is 4.57 Å². The van der Waals surface area contributed by atoms with Gasteiger partial charge in [-0.2, -0.15) is 0 Å². The van der Waals surface area contributed by atoms with Crippen LogP contribution in [0.4, 0.5) is 17.1 Å². The summed E-state index contributed by atoms with van der Waals surface area (Å²) in [6.07, 6.45) is 0. The standard InChI is InChI=1S/C62H63N5O/c1-58(2,3)36-29-42-43-30-37(59(4,5)6)32-47(61(10,11)12)55(43)62(54(42)46(31-36)60(7,8)9)44-28-26-39(34-53(44)66-35-65(13)51-24-18-20-45(62)56(51)66)68-38-25-27-41-40-19-14-17-23-50(40)67(52(41)33-38)57-63-48-21-15-16-22-49(48)64-57/h14-34H,35H2,1-13H3,(H,63,64). The van der Waals surface area contributed by atoms with Crippen molar-refractivity contribution in [3.63, 3.8) is 0 Å². The molecule has 0 saturated carbocycles. The van der Waals surface area contributed by atoms with E-state index in [1.807, 2.05) is 12.1 Å². The second-order valence-corrected chi connectivity index (χ2v) is 24.0. The summed E-state index contributed by atoms with van der Waals surface area (Å²) in [6.45, 7) is 29.4. The van der Waals surface area contributed by atoms with Crippen LogP contribution in [0, 0.1) is 0 Å². The Morgan fingerprint density at radius 3 is 1.79 bits per heavy atom. The second kappa shape index (κ2) is 13.9. The number of aromatic amines is 1. The summed E-state index contributed by atoms with van der Waals surface area (Å²) in [5.41, 5.74) is 20.6. The third-order valence-corrected chi connectivity index (χ3v) is 15.3. The lowest BCUT2D eigenvalue weighted by Crippen LogP contribution is -2.40. The van der Waals surface area contributed by atoms with Crippen molar-refractivity contribution < 1.29 is 4.74 Å². The molecule has 0 atom stereocenters. The number of hydrogen-bond donors (Lipinski definition) is 1. The third-order valence-electron chi connectivity index (χ3n) is 15.3. The summed E-state index contributed by atoms with van der Waals surface area (Å²) in [5.74, 6) is 2.36. The fourth-order valence-corrected chi connectivity index (χ4v) is 11.9. The first kappa shape index (κ1) is 42.6. The number of aromatic nitrogens is 3. The zero-order valence-corrected chi connectivity index (χ0v) is 42.0. The topological polar surface area (TPSA) is 49.3 Å². The monoisotopic (exact) mass is 894 g/mol. The number of fused-ring (bicyclic) bond motifs is 13. The maximum absolute atomic E-state index is 7.09.